The Kier molecular flexibility index (Phi) is 8.60. The molecule has 0 radical (unpaired) electrons. The Hall–Kier alpha value is -2.49. The van der Waals surface area contributed by atoms with Crippen molar-refractivity contribution >= 4 is 62.5 Å². The lowest BCUT2D eigenvalue weighted by atomic mass is 10.2. The molecule has 0 atom stereocenters. The Bertz CT molecular complexity index is 1060. The van der Waals surface area contributed by atoms with Gasteiger partial charge in [0.25, 0.3) is 11.1 Å². The first-order valence-electron chi connectivity index (χ1n) is 9.59. The van der Waals surface area contributed by atoms with E-state index in [4.69, 9.17) is 25.8 Å². The maximum absolute atomic E-state index is 12.8. The predicted octanol–water partition coefficient (Wildman–Crippen LogP) is 5.16. The van der Waals surface area contributed by atoms with Crippen LogP contribution in [0.1, 0.15) is 12.5 Å². The van der Waals surface area contributed by atoms with E-state index in [0.717, 1.165) is 21.1 Å². The number of rotatable bonds is 9. The maximum Gasteiger partial charge on any atom is 0.344 e. The quantitative estimate of drug-likeness (QED) is 0.321. The van der Waals surface area contributed by atoms with Crippen molar-refractivity contribution in [2.45, 2.75) is 6.92 Å². The Morgan fingerprint density at radius 3 is 2.69 bits per heavy atom. The van der Waals surface area contributed by atoms with Gasteiger partial charge in [0.1, 0.15) is 18.1 Å². The number of halogens is 2. The highest BCUT2D eigenvalue weighted by atomic mass is 79.9. The van der Waals surface area contributed by atoms with Crippen molar-refractivity contribution in [1.29, 1.82) is 0 Å². The molecule has 0 unspecified atom stereocenters. The highest BCUT2D eigenvalue weighted by molar-refractivity contribution is 9.10. The molecule has 2 aromatic rings. The minimum atomic E-state index is -0.500. The van der Waals surface area contributed by atoms with Gasteiger partial charge >= 0.3 is 5.97 Å². The fourth-order valence-electron chi connectivity index (χ4n) is 2.75. The van der Waals surface area contributed by atoms with Gasteiger partial charge in [-0.25, -0.2) is 4.79 Å². The maximum atomic E-state index is 12.8. The van der Waals surface area contributed by atoms with Crippen molar-refractivity contribution in [3.8, 4) is 11.5 Å². The smallest absolute Gasteiger partial charge is 0.344 e. The lowest BCUT2D eigenvalue weighted by Gasteiger charge is -2.14. The summed E-state index contributed by atoms with van der Waals surface area (Å²) in [5, 5.41) is 0.0551. The third-order valence-electron chi connectivity index (χ3n) is 4.19. The molecule has 168 valence electrons. The number of thioether (sulfide) groups is 1. The monoisotopic (exact) mass is 539 g/mol. The number of esters is 1. The zero-order chi connectivity index (χ0) is 23.1. The van der Waals surface area contributed by atoms with Crippen LogP contribution in [0.2, 0.25) is 5.02 Å². The summed E-state index contributed by atoms with van der Waals surface area (Å²) >= 11 is 10.3. The van der Waals surface area contributed by atoms with Crippen molar-refractivity contribution in [3.05, 3.63) is 62.4 Å². The summed E-state index contributed by atoms with van der Waals surface area (Å²) in [6, 6.07) is 12.1. The standard InChI is InChI=1S/C22H19BrClNO6S/c1-2-29-20(26)13-31-17-8-7-15(23)11-14(17)12-19-21(27)25(22(28)32-19)9-10-30-18-6-4-3-5-16(18)24/h3-8,11-12H,2,9-10,13H2,1H3/b19-12-. The van der Waals surface area contributed by atoms with E-state index in [0.29, 0.717) is 22.1 Å². The number of nitrogens with zero attached hydrogens (tertiary/aromatic N) is 1. The van der Waals surface area contributed by atoms with Crippen LogP contribution in [-0.2, 0) is 14.3 Å². The molecule has 0 aromatic heterocycles. The Morgan fingerprint density at radius 1 is 1.16 bits per heavy atom. The Balaban J connectivity index is 1.69. The minimum absolute atomic E-state index is 0.0813. The molecule has 0 bridgehead atoms. The summed E-state index contributed by atoms with van der Waals surface area (Å²) in [5.41, 5.74) is 0.543. The molecule has 0 spiro atoms. The molecule has 1 aliphatic rings. The van der Waals surface area contributed by atoms with Gasteiger partial charge < -0.3 is 14.2 Å². The first-order chi connectivity index (χ1) is 15.4. The largest absolute Gasteiger partial charge is 0.490 e. The molecule has 1 heterocycles. The zero-order valence-electron chi connectivity index (χ0n) is 17.0. The second-order valence-electron chi connectivity index (χ2n) is 6.39. The lowest BCUT2D eigenvalue weighted by molar-refractivity contribution is -0.145. The topological polar surface area (TPSA) is 82.1 Å². The van der Waals surface area contributed by atoms with Gasteiger partial charge in [0.15, 0.2) is 6.61 Å². The number of carbonyl (C=O) groups is 3. The van der Waals surface area contributed by atoms with Crippen LogP contribution in [0.4, 0.5) is 4.79 Å². The van der Waals surface area contributed by atoms with Crippen molar-refractivity contribution in [2.75, 3.05) is 26.4 Å². The van der Waals surface area contributed by atoms with Gasteiger partial charge in [-0.2, -0.15) is 0 Å². The minimum Gasteiger partial charge on any atom is -0.490 e. The SMILES string of the molecule is CCOC(=O)COc1ccc(Br)cc1/C=C1\SC(=O)N(CCOc2ccccc2Cl)C1=O. The van der Waals surface area contributed by atoms with Crippen LogP contribution in [0.25, 0.3) is 6.08 Å². The van der Waals surface area contributed by atoms with Crippen LogP contribution in [-0.4, -0.2) is 48.4 Å². The molecule has 7 nitrogen and oxygen atoms in total. The molecule has 2 amide bonds. The zero-order valence-corrected chi connectivity index (χ0v) is 20.2. The van der Waals surface area contributed by atoms with E-state index in [1.165, 1.54) is 0 Å². The van der Waals surface area contributed by atoms with Gasteiger partial charge in [-0.15, -0.1) is 0 Å². The summed E-state index contributed by atoms with van der Waals surface area (Å²) in [5.74, 6) is -0.0661. The molecule has 0 saturated carbocycles. The molecule has 0 aliphatic carbocycles. The van der Waals surface area contributed by atoms with Gasteiger partial charge in [0.05, 0.1) is 23.1 Å². The third kappa shape index (κ3) is 6.27. The fourth-order valence-corrected chi connectivity index (χ4v) is 4.17. The number of ether oxygens (including phenoxy) is 3. The first-order valence-corrected chi connectivity index (χ1v) is 11.6. The highest BCUT2D eigenvalue weighted by Crippen LogP contribution is 2.35. The Labute approximate surface area is 202 Å². The first kappa shape index (κ1) is 24.2. The number of para-hydroxylation sites is 1. The van der Waals surface area contributed by atoms with E-state index >= 15 is 0 Å². The molecule has 2 aromatic carbocycles. The van der Waals surface area contributed by atoms with E-state index in [2.05, 4.69) is 15.9 Å². The lowest BCUT2D eigenvalue weighted by Crippen LogP contribution is -2.32. The van der Waals surface area contributed by atoms with Crippen LogP contribution in [0.15, 0.2) is 51.8 Å². The average molecular weight is 541 g/mol. The van der Waals surface area contributed by atoms with Crippen molar-refractivity contribution in [3.63, 3.8) is 0 Å². The van der Waals surface area contributed by atoms with Crippen LogP contribution in [0.3, 0.4) is 0 Å². The molecule has 3 rings (SSSR count). The second kappa shape index (κ2) is 11.4. The van der Waals surface area contributed by atoms with Crippen LogP contribution in [0.5, 0.6) is 11.5 Å². The number of amides is 2. The number of imide groups is 1. The normalized spacial score (nSPS) is 14.7. The molecule has 1 fully saturated rings. The number of hydrogen-bond acceptors (Lipinski definition) is 7. The molecule has 1 aliphatic heterocycles. The fraction of sp³-hybridized carbons (Fsp3) is 0.227. The third-order valence-corrected chi connectivity index (χ3v) is 5.90. The second-order valence-corrected chi connectivity index (χ2v) is 8.70. The van der Waals surface area contributed by atoms with Gasteiger partial charge in [-0.3, -0.25) is 14.5 Å². The summed E-state index contributed by atoms with van der Waals surface area (Å²) < 4.78 is 16.7. The molecule has 1 saturated heterocycles. The summed E-state index contributed by atoms with van der Waals surface area (Å²) in [4.78, 5) is 38.1. The van der Waals surface area contributed by atoms with E-state index in [1.807, 2.05) is 0 Å². The van der Waals surface area contributed by atoms with Crippen molar-refractivity contribution < 1.29 is 28.6 Å². The summed E-state index contributed by atoms with van der Waals surface area (Å²) in [7, 11) is 0. The molecule has 10 heteroatoms. The van der Waals surface area contributed by atoms with Gasteiger partial charge in [0, 0.05) is 10.0 Å². The summed E-state index contributed by atoms with van der Waals surface area (Å²) in [6.07, 6.45) is 1.56. The molecular formula is C22H19BrClNO6S. The van der Waals surface area contributed by atoms with Crippen LogP contribution < -0.4 is 9.47 Å². The van der Waals surface area contributed by atoms with Crippen molar-refractivity contribution in [2.24, 2.45) is 0 Å². The van der Waals surface area contributed by atoms with Crippen molar-refractivity contribution in [1.82, 2.24) is 4.90 Å². The van der Waals surface area contributed by atoms with Gasteiger partial charge in [0.2, 0.25) is 0 Å². The van der Waals surface area contributed by atoms with E-state index < -0.39 is 17.1 Å². The molecule has 32 heavy (non-hydrogen) atoms. The Morgan fingerprint density at radius 2 is 1.94 bits per heavy atom. The predicted molar refractivity (Wildman–Crippen MR) is 126 cm³/mol. The molecular weight excluding hydrogens is 522 g/mol. The number of hydrogen-bond donors (Lipinski definition) is 0. The van der Waals surface area contributed by atoms with Gasteiger partial charge in [-0.1, -0.05) is 39.7 Å². The van der Waals surface area contributed by atoms with E-state index in [-0.39, 0.29) is 31.3 Å². The van der Waals surface area contributed by atoms with E-state index in [9.17, 15) is 14.4 Å². The highest BCUT2D eigenvalue weighted by Gasteiger charge is 2.35. The average Bonchev–Trinajstić information content (AvgIpc) is 3.02. The molecule has 0 N–H and O–H groups in total. The number of carbonyl (C=O) groups excluding carboxylic acids is 3. The number of benzene rings is 2. The van der Waals surface area contributed by atoms with E-state index in [1.54, 1.807) is 55.5 Å². The van der Waals surface area contributed by atoms with Crippen LogP contribution >= 0.6 is 39.3 Å². The van der Waals surface area contributed by atoms with Gasteiger partial charge in [-0.05, 0) is 55.1 Å². The summed E-state index contributed by atoms with van der Waals surface area (Å²) in [6.45, 7) is 1.89. The van der Waals surface area contributed by atoms with Crippen LogP contribution in [0, 0.1) is 0 Å².